The van der Waals surface area contributed by atoms with E-state index in [-0.39, 0.29) is 15.0 Å². The van der Waals surface area contributed by atoms with Crippen molar-refractivity contribution in [3.63, 3.8) is 0 Å². The van der Waals surface area contributed by atoms with Gasteiger partial charge in [-0.1, -0.05) is 22.9 Å². The molecule has 0 fully saturated rings. The summed E-state index contributed by atoms with van der Waals surface area (Å²) in [5, 5.41) is 0.264. The fraction of sp³-hybridized carbons (Fsp3) is 0.111. The molecule has 0 unspecified atom stereocenters. The first-order chi connectivity index (χ1) is 8.38. The molecule has 2 rings (SSSR count). The molecule has 0 aliphatic carbocycles. The molecule has 0 radical (unpaired) electrons. The number of H-pyrrole nitrogens is 1. The SMILES string of the molecule is Cc1[nH]c(=O)sc1S(=O)(=O)Nc1ccc(Cl)nc1. The van der Waals surface area contributed by atoms with Gasteiger partial charge in [-0.05, 0) is 19.1 Å². The number of nitrogens with zero attached hydrogens (tertiary/aromatic N) is 1. The Morgan fingerprint density at radius 3 is 2.67 bits per heavy atom. The van der Waals surface area contributed by atoms with E-state index in [2.05, 4.69) is 14.7 Å². The second-order valence-corrected chi connectivity index (χ2v) is 6.65. The van der Waals surface area contributed by atoms with Gasteiger partial charge in [-0.25, -0.2) is 13.4 Å². The smallest absolute Gasteiger partial charge is 0.306 e. The maximum atomic E-state index is 12.0. The molecule has 2 aromatic rings. The number of halogens is 1. The van der Waals surface area contributed by atoms with Crippen LogP contribution in [-0.2, 0) is 10.0 Å². The highest BCUT2D eigenvalue weighted by molar-refractivity contribution is 7.94. The summed E-state index contributed by atoms with van der Waals surface area (Å²) in [7, 11) is -3.78. The summed E-state index contributed by atoms with van der Waals surface area (Å²) in [6.07, 6.45) is 1.30. The number of hydrogen-bond acceptors (Lipinski definition) is 5. The minimum atomic E-state index is -3.78. The summed E-state index contributed by atoms with van der Waals surface area (Å²) in [5.74, 6) is 0. The van der Waals surface area contributed by atoms with Crippen LogP contribution in [0.1, 0.15) is 5.69 Å². The molecule has 0 amide bonds. The Hall–Kier alpha value is -1.38. The maximum Gasteiger partial charge on any atom is 0.306 e. The normalized spacial score (nSPS) is 11.4. The van der Waals surface area contributed by atoms with Crippen LogP contribution in [0.4, 0.5) is 5.69 Å². The highest BCUT2D eigenvalue weighted by Crippen LogP contribution is 2.20. The van der Waals surface area contributed by atoms with Crippen LogP contribution in [-0.4, -0.2) is 18.4 Å². The zero-order chi connectivity index (χ0) is 13.3. The molecule has 0 bridgehead atoms. The van der Waals surface area contributed by atoms with Gasteiger partial charge in [0.25, 0.3) is 10.0 Å². The summed E-state index contributed by atoms with van der Waals surface area (Å²) in [6.45, 7) is 1.52. The molecule has 0 aliphatic rings. The number of thiazole rings is 1. The summed E-state index contributed by atoms with van der Waals surface area (Å²) in [5.41, 5.74) is 0.582. The zero-order valence-corrected chi connectivity index (χ0v) is 11.5. The van der Waals surface area contributed by atoms with Crippen LogP contribution in [0.3, 0.4) is 0 Å². The number of nitrogens with one attached hydrogen (secondary N) is 2. The summed E-state index contributed by atoms with van der Waals surface area (Å²) < 4.78 is 26.3. The number of hydrogen-bond donors (Lipinski definition) is 2. The van der Waals surface area contributed by atoms with Gasteiger partial charge in [-0.3, -0.25) is 9.52 Å². The first-order valence-corrected chi connectivity index (χ1v) is 7.40. The molecule has 2 N–H and O–H groups in total. The Kier molecular flexibility index (Phi) is 3.42. The third kappa shape index (κ3) is 2.71. The molecule has 9 heteroatoms. The van der Waals surface area contributed by atoms with E-state index in [1.807, 2.05) is 0 Å². The van der Waals surface area contributed by atoms with Crippen LogP contribution in [0.5, 0.6) is 0 Å². The van der Waals surface area contributed by atoms with Gasteiger partial charge in [0.2, 0.25) is 0 Å². The lowest BCUT2D eigenvalue weighted by molar-refractivity contribution is 0.602. The molecule has 0 aliphatic heterocycles. The van der Waals surface area contributed by atoms with Gasteiger partial charge in [0.1, 0.15) is 5.15 Å². The van der Waals surface area contributed by atoms with Crippen molar-refractivity contribution in [3.05, 3.63) is 38.8 Å². The fourth-order valence-corrected chi connectivity index (χ4v) is 3.74. The molecule has 0 saturated heterocycles. The number of sulfonamides is 1. The first-order valence-electron chi connectivity index (χ1n) is 4.72. The molecular formula is C9H8ClN3O3S2. The second kappa shape index (κ2) is 4.71. The number of aromatic nitrogens is 2. The number of anilines is 1. The fourth-order valence-electron chi connectivity index (χ4n) is 1.28. The molecule has 2 heterocycles. The van der Waals surface area contributed by atoms with Crippen LogP contribution in [0.25, 0.3) is 0 Å². The highest BCUT2D eigenvalue weighted by atomic mass is 35.5. The van der Waals surface area contributed by atoms with E-state index in [1.54, 1.807) is 0 Å². The molecular weight excluding hydrogens is 298 g/mol. The molecule has 0 atom stereocenters. The van der Waals surface area contributed by atoms with E-state index >= 15 is 0 Å². The summed E-state index contributed by atoms with van der Waals surface area (Å²) in [4.78, 5) is 16.9. The lowest BCUT2D eigenvalue weighted by Gasteiger charge is -2.05. The van der Waals surface area contributed by atoms with Crippen molar-refractivity contribution >= 4 is 38.6 Å². The van der Waals surface area contributed by atoms with Gasteiger partial charge in [-0.15, -0.1) is 0 Å². The molecule has 6 nitrogen and oxygen atoms in total. The topological polar surface area (TPSA) is 91.9 Å². The Bertz CT molecular complexity index is 718. The third-order valence-electron chi connectivity index (χ3n) is 2.00. The molecule has 96 valence electrons. The van der Waals surface area contributed by atoms with Crippen molar-refractivity contribution in [2.75, 3.05) is 4.72 Å². The van der Waals surface area contributed by atoms with Gasteiger partial charge in [0.15, 0.2) is 4.21 Å². The molecule has 0 spiro atoms. The predicted octanol–water partition coefficient (Wildman–Crippen LogP) is 1.59. The number of pyridine rings is 1. The minimum absolute atomic E-state index is 0.0394. The Balaban J connectivity index is 2.36. The van der Waals surface area contributed by atoms with Crippen molar-refractivity contribution in [2.24, 2.45) is 0 Å². The van der Waals surface area contributed by atoms with Gasteiger partial charge in [0, 0.05) is 5.69 Å². The molecule has 0 aromatic carbocycles. The average Bonchev–Trinajstić information content (AvgIpc) is 2.62. The van der Waals surface area contributed by atoms with E-state index in [9.17, 15) is 13.2 Å². The number of aryl methyl sites for hydroxylation is 1. The third-order valence-corrected chi connectivity index (χ3v) is 5.21. The Labute approximate surface area is 112 Å². The minimum Gasteiger partial charge on any atom is -0.315 e. The Morgan fingerprint density at radius 2 is 2.17 bits per heavy atom. The van der Waals surface area contributed by atoms with Crippen molar-refractivity contribution in [3.8, 4) is 0 Å². The molecule has 18 heavy (non-hydrogen) atoms. The zero-order valence-electron chi connectivity index (χ0n) is 9.10. The number of rotatable bonds is 3. The number of aromatic amines is 1. The van der Waals surface area contributed by atoms with Crippen LogP contribution in [0.2, 0.25) is 5.15 Å². The van der Waals surface area contributed by atoms with Gasteiger partial charge in [-0.2, -0.15) is 0 Å². The lowest BCUT2D eigenvalue weighted by atomic mass is 10.4. The van der Waals surface area contributed by atoms with E-state index < -0.39 is 14.9 Å². The van der Waals surface area contributed by atoms with Crippen molar-refractivity contribution in [1.82, 2.24) is 9.97 Å². The monoisotopic (exact) mass is 305 g/mol. The second-order valence-electron chi connectivity index (χ2n) is 3.40. The highest BCUT2D eigenvalue weighted by Gasteiger charge is 2.20. The van der Waals surface area contributed by atoms with Gasteiger partial charge in [0.05, 0.1) is 11.9 Å². The maximum absolute atomic E-state index is 12.0. The summed E-state index contributed by atoms with van der Waals surface area (Å²) in [6, 6.07) is 2.95. The van der Waals surface area contributed by atoms with Crippen molar-refractivity contribution in [1.29, 1.82) is 0 Å². The van der Waals surface area contributed by atoms with Crippen LogP contribution in [0, 0.1) is 6.92 Å². The van der Waals surface area contributed by atoms with E-state index in [1.165, 1.54) is 25.3 Å². The van der Waals surface area contributed by atoms with E-state index in [0.717, 1.165) is 0 Å². The quantitative estimate of drug-likeness (QED) is 0.842. The van der Waals surface area contributed by atoms with Gasteiger partial charge >= 0.3 is 4.87 Å². The van der Waals surface area contributed by atoms with Gasteiger partial charge < -0.3 is 4.98 Å². The van der Waals surface area contributed by atoms with E-state index in [0.29, 0.717) is 17.0 Å². The van der Waals surface area contributed by atoms with Crippen molar-refractivity contribution < 1.29 is 8.42 Å². The molecule has 2 aromatic heterocycles. The largest absolute Gasteiger partial charge is 0.315 e. The first kappa shape index (κ1) is 13.1. The summed E-state index contributed by atoms with van der Waals surface area (Å²) >= 11 is 6.23. The Morgan fingerprint density at radius 1 is 1.44 bits per heavy atom. The lowest BCUT2D eigenvalue weighted by Crippen LogP contribution is -2.12. The van der Waals surface area contributed by atoms with Crippen LogP contribution < -0.4 is 9.60 Å². The van der Waals surface area contributed by atoms with Crippen molar-refractivity contribution in [2.45, 2.75) is 11.1 Å². The predicted molar refractivity (Wildman–Crippen MR) is 69.7 cm³/mol. The van der Waals surface area contributed by atoms with E-state index in [4.69, 9.17) is 11.6 Å². The average molecular weight is 306 g/mol. The molecule has 0 saturated carbocycles. The van der Waals surface area contributed by atoms with Crippen LogP contribution in [0.15, 0.2) is 27.3 Å². The van der Waals surface area contributed by atoms with Crippen LogP contribution >= 0.6 is 22.9 Å². The standard InChI is InChI=1S/C9H8ClN3O3S2/c1-5-8(17-9(14)12-5)18(15,16)13-6-2-3-7(10)11-4-6/h2-4,13H,1H3,(H,12,14).